The van der Waals surface area contributed by atoms with E-state index in [0.29, 0.717) is 6.54 Å². The van der Waals surface area contributed by atoms with Crippen LogP contribution in [-0.2, 0) is 23.1 Å². The molecule has 0 bridgehead atoms. The molecule has 1 N–H and O–H groups in total. The molecule has 1 atom stereocenters. The van der Waals surface area contributed by atoms with Gasteiger partial charge < -0.3 is 0 Å². The van der Waals surface area contributed by atoms with E-state index < -0.39 is 10.0 Å². The van der Waals surface area contributed by atoms with Crippen LogP contribution in [-0.4, -0.2) is 46.9 Å². The van der Waals surface area contributed by atoms with Crippen molar-refractivity contribution in [3.63, 3.8) is 0 Å². The normalized spacial score (nSPS) is 18.5. The third-order valence-corrected chi connectivity index (χ3v) is 5.67. The van der Waals surface area contributed by atoms with E-state index in [9.17, 15) is 8.42 Å². The second-order valence-corrected chi connectivity index (χ2v) is 8.13. The molecule has 7 nitrogen and oxygen atoms in total. The highest BCUT2D eigenvalue weighted by Gasteiger charge is 2.25. The van der Waals surface area contributed by atoms with Crippen LogP contribution >= 0.6 is 0 Å². The van der Waals surface area contributed by atoms with Gasteiger partial charge in [-0.1, -0.05) is 6.07 Å². The monoisotopic (exact) mass is 349 g/mol. The molecule has 0 radical (unpaired) electrons. The van der Waals surface area contributed by atoms with E-state index in [1.54, 1.807) is 13.1 Å². The number of pyridine rings is 1. The topological polar surface area (TPSA) is 80.1 Å². The Kier molecular flexibility index (Phi) is 5.27. The van der Waals surface area contributed by atoms with E-state index in [-0.39, 0.29) is 11.8 Å². The van der Waals surface area contributed by atoms with Crippen LogP contribution in [0.25, 0.3) is 0 Å². The molecule has 1 aliphatic rings. The van der Waals surface area contributed by atoms with Gasteiger partial charge in [-0.2, -0.15) is 5.10 Å². The lowest BCUT2D eigenvalue weighted by Gasteiger charge is -2.34. The maximum absolute atomic E-state index is 11.6. The maximum Gasteiger partial charge on any atom is 0.211 e. The zero-order valence-corrected chi connectivity index (χ0v) is 14.6. The molecule has 8 heteroatoms. The molecule has 2 aromatic heterocycles. The van der Waals surface area contributed by atoms with E-state index in [4.69, 9.17) is 0 Å². The van der Waals surface area contributed by atoms with Crippen molar-refractivity contribution in [3.8, 4) is 0 Å². The second kappa shape index (κ2) is 7.42. The lowest BCUT2D eigenvalue weighted by Crippen LogP contribution is -2.39. The first-order valence-corrected chi connectivity index (χ1v) is 9.83. The molecule has 130 valence electrons. The predicted molar refractivity (Wildman–Crippen MR) is 91.7 cm³/mol. The Morgan fingerprint density at radius 2 is 2.21 bits per heavy atom. The molecule has 0 saturated heterocycles. The Labute approximate surface area is 142 Å². The predicted octanol–water partition coefficient (Wildman–Crippen LogP) is 1.16. The molecular formula is C16H23N5O2S. The van der Waals surface area contributed by atoms with E-state index in [1.807, 2.05) is 29.2 Å². The number of rotatable bonds is 7. The van der Waals surface area contributed by atoms with Gasteiger partial charge in [0, 0.05) is 44.8 Å². The fourth-order valence-corrected chi connectivity index (χ4v) is 3.66. The SMILES string of the molecule is CCS(=O)(=O)NCCC1CN(Cc2cccnc2)Cc2ccnn21. The van der Waals surface area contributed by atoms with Crippen LogP contribution in [0, 0.1) is 0 Å². The van der Waals surface area contributed by atoms with Gasteiger partial charge in [0.05, 0.1) is 17.5 Å². The third-order valence-electron chi connectivity index (χ3n) is 4.26. The summed E-state index contributed by atoms with van der Waals surface area (Å²) in [7, 11) is -3.15. The molecule has 0 fully saturated rings. The summed E-state index contributed by atoms with van der Waals surface area (Å²) in [5, 5.41) is 4.42. The molecular weight excluding hydrogens is 326 g/mol. The number of sulfonamides is 1. The number of nitrogens with zero attached hydrogens (tertiary/aromatic N) is 4. The van der Waals surface area contributed by atoms with Crippen molar-refractivity contribution in [1.82, 2.24) is 24.4 Å². The average molecular weight is 349 g/mol. The van der Waals surface area contributed by atoms with Crippen molar-refractivity contribution in [2.75, 3.05) is 18.8 Å². The van der Waals surface area contributed by atoms with Crippen LogP contribution in [0.5, 0.6) is 0 Å². The molecule has 1 unspecified atom stereocenters. The van der Waals surface area contributed by atoms with Crippen molar-refractivity contribution < 1.29 is 8.42 Å². The fourth-order valence-electron chi connectivity index (χ4n) is 3.03. The first kappa shape index (κ1) is 17.1. The largest absolute Gasteiger partial charge is 0.291 e. The molecule has 0 spiro atoms. The lowest BCUT2D eigenvalue weighted by atomic mass is 10.1. The van der Waals surface area contributed by atoms with Crippen LogP contribution in [0.15, 0.2) is 36.8 Å². The standard InChI is InChI=1S/C16H23N5O2S/c1-2-24(22,23)19-9-6-16-13-20(11-14-4-3-7-17-10-14)12-15-5-8-18-21(15)16/h3-5,7-8,10,16,19H,2,6,9,11-13H2,1H3. The quantitative estimate of drug-likeness (QED) is 0.811. The van der Waals surface area contributed by atoms with Crippen molar-refractivity contribution in [2.45, 2.75) is 32.5 Å². The second-order valence-electron chi connectivity index (χ2n) is 6.04. The van der Waals surface area contributed by atoms with Gasteiger partial charge in [0.25, 0.3) is 0 Å². The first-order valence-electron chi connectivity index (χ1n) is 8.18. The minimum atomic E-state index is -3.15. The van der Waals surface area contributed by atoms with Gasteiger partial charge in [0.2, 0.25) is 10.0 Å². The Hall–Kier alpha value is -1.77. The number of hydrogen-bond donors (Lipinski definition) is 1. The Bertz CT molecular complexity index is 760. The van der Waals surface area contributed by atoms with Gasteiger partial charge in [0.1, 0.15) is 0 Å². The Morgan fingerprint density at radius 3 is 2.96 bits per heavy atom. The summed E-state index contributed by atoms with van der Waals surface area (Å²) in [4.78, 5) is 6.52. The molecule has 1 aliphatic heterocycles. The van der Waals surface area contributed by atoms with Gasteiger partial charge in [-0.25, -0.2) is 13.1 Å². The average Bonchev–Trinajstić information content (AvgIpc) is 3.04. The van der Waals surface area contributed by atoms with Crippen molar-refractivity contribution >= 4 is 10.0 Å². The summed E-state index contributed by atoms with van der Waals surface area (Å²) in [6.45, 7) is 4.59. The summed E-state index contributed by atoms with van der Waals surface area (Å²) in [6, 6.07) is 6.21. The highest BCUT2D eigenvalue weighted by molar-refractivity contribution is 7.89. The summed E-state index contributed by atoms with van der Waals surface area (Å²) < 4.78 is 27.9. The van der Waals surface area contributed by atoms with Crippen LogP contribution in [0.2, 0.25) is 0 Å². The Balaban J connectivity index is 1.65. The van der Waals surface area contributed by atoms with Crippen LogP contribution in [0.4, 0.5) is 0 Å². The van der Waals surface area contributed by atoms with Crippen LogP contribution in [0.1, 0.15) is 30.6 Å². The highest BCUT2D eigenvalue weighted by atomic mass is 32.2. The van der Waals surface area contributed by atoms with E-state index in [2.05, 4.69) is 25.8 Å². The van der Waals surface area contributed by atoms with Crippen LogP contribution in [0.3, 0.4) is 0 Å². The van der Waals surface area contributed by atoms with Gasteiger partial charge in [-0.3, -0.25) is 14.6 Å². The van der Waals surface area contributed by atoms with E-state index in [1.165, 1.54) is 5.56 Å². The first-order chi connectivity index (χ1) is 11.6. The molecule has 24 heavy (non-hydrogen) atoms. The smallest absolute Gasteiger partial charge is 0.211 e. The van der Waals surface area contributed by atoms with Crippen molar-refractivity contribution in [3.05, 3.63) is 48.0 Å². The zero-order valence-electron chi connectivity index (χ0n) is 13.8. The van der Waals surface area contributed by atoms with Gasteiger partial charge in [-0.15, -0.1) is 0 Å². The number of aromatic nitrogens is 3. The molecule has 0 aliphatic carbocycles. The third kappa shape index (κ3) is 4.19. The van der Waals surface area contributed by atoms with Gasteiger partial charge >= 0.3 is 0 Å². The zero-order chi connectivity index (χ0) is 17.0. The number of hydrogen-bond acceptors (Lipinski definition) is 5. The van der Waals surface area contributed by atoms with E-state index in [0.717, 1.165) is 31.7 Å². The van der Waals surface area contributed by atoms with Crippen molar-refractivity contribution in [2.24, 2.45) is 0 Å². The highest BCUT2D eigenvalue weighted by Crippen LogP contribution is 2.24. The fraction of sp³-hybridized carbons (Fsp3) is 0.500. The molecule has 3 heterocycles. The number of nitrogens with one attached hydrogen (secondary N) is 1. The molecule has 0 aromatic carbocycles. The molecule has 3 rings (SSSR count). The van der Waals surface area contributed by atoms with Gasteiger partial charge in [-0.05, 0) is 31.0 Å². The molecule has 2 aromatic rings. The van der Waals surface area contributed by atoms with Crippen LogP contribution < -0.4 is 4.72 Å². The minimum Gasteiger partial charge on any atom is -0.291 e. The van der Waals surface area contributed by atoms with Gasteiger partial charge in [0.15, 0.2) is 0 Å². The number of fused-ring (bicyclic) bond motifs is 1. The maximum atomic E-state index is 11.6. The molecule has 0 amide bonds. The molecule has 0 saturated carbocycles. The Morgan fingerprint density at radius 1 is 1.33 bits per heavy atom. The summed E-state index contributed by atoms with van der Waals surface area (Å²) in [5.41, 5.74) is 2.34. The summed E-state index contributed by atoms with van der Waals surface area (Å²) in [6.07, 6.45) is 6.19. The summed E-state index contributed by atoms with van der Waals surface area (Å²) in [5.74, 6) is 0.109. The van der Waals surface area contributed by atoms with E-state index >= 15 is 0 Å². The minimum absolute atomic E-state index is 0.109. The van der Waals surface area contributed by atoms with Crippen molar-refractivity contribution in [1.29, 1.82) is 0 Å². The lowest BCUT2D eigenvalue weighted by molar-refractivity contribution is 0.162. The summed E-state index contributed by atoms with van der Waals surface area (Å²) >= 11 is 0.